The van der Waals surface area contributed by atoms with E-state index in [1.807, 2.05) is 18.2 Å². The molecule has 1 fully saturated rings. The first-order valence-corrected chi connectivity index (χ1v) is 10.5. The van der Waals surface area contributed by atoms with Crippen molar-refractivity contribution in [3.05, 3.63) is 35.9 Å². The maximum absolute atomic E-state index is 12.3. The predicted molar refractivity (Wildman–Crippen MR) is 117 cm³/mol. The van der Waals surface area contributed by atoms with E-state index in [0.717, 1.165) is 6.54 Å². The molecule has 1 aliphatic heterocycles. The van der Waals surface area contributed by atoms with Crippen LogP contribution in [-0.2, 0) is 14.6 Å². The third-order valence-corrected chi connectivity index (χ3v) is 7.06. The highest BCUT2D eigenvalue weighted by Gasteiger charge is 2.42. The summed E-state index contributed by atoms with van der Waals surface area (Å²) in [5, 5.41) is 6.49. The number of nitrogens with zero attached hydrogens (tertiary/aromatic N) is 1. The minimum absolute atomic E-state index is 0. The van der Waals surface area contributed by atoms with E-state index in [4.69, 9.17) is 4.74 Å². The Hall–Kier alpha value is -0.870. The lowest BCUT2D eigenvalue weighted by molar-refractivity contribution is 0.0756. The summed E-state index contributed by atoms with van der Waals surface area (Å²) in [4.78, 5) is 4.22. The molecule has 1 aromatic rings. The van der Waals surface area contributed by atoms with E-state index in [-0.39, 0.29) is 24.0 Å². The molecular weight excluding hydrogens is 465 g/mol. The molecular formula is C18H30IN3O3S. The van der Waals surface area contributed by atoms with Gasteiger partial charge in [0.2, 0.25) is 0 Å². The fraction of sp³-hybridized carbons (Fsp3) is 0.611. The van der Waals surface area contributed by atoms with Gasteiger partial charge in [-0.3, -0.25) is 4.99 Å². The zero-order valence-corrected chi connectivity index (χ0v) is 18.8. The summed E-state index contributed by atoms with van der Waals surface area (Å²) in [5.41, 5.74) is 1.25. The number of guanidine groups is 1. The number of rotatable bonds is 6. The van der Waals surface area contributed by atoms with E-state index >= 15 is 0 Å². The number of hydrogen-bond donors (Lipinski definition) is 2. The summed E-state index contributed by atoms with van der Waals surface area (Å²) in [6.45, 7) is 4.16. The van der Waals surface area contributed by atoms with Gasteiger partial charge >= 0.3 is 0 Å². The van der Waals surface area contributed by atoms with Crippen LogP contribution in [0.15, 0.2) is 35.3 Å². The average Bonchev–Trinajstić information content (AvgIpc) is 2.62. The maximum Gasteiger partial charge on any atom is 0.191 e. The second kappa shape index (κ2) is 10.5. The molecule has 0 bridgehead atoms. The third-order valence-electron chi connectivity index (χ3n) is 4.94. The second-order valence-electron chi connectivity index (χ2n) is 6.69. The number of nitrogens with one attached hydrogen (secondary N) is 2. The highest BCUT2D eigenvalue weighted by Crippen LogP contribution is 2.28. The molecule has 0 radical (unpaired) electrons. The monoisotopic (exact) mass is 495 g/mol. The van der Waals surface area contributed by atoms with Crippen LogP contribution in [0.3, 0.4) is 0 Å². The largest absolute Gasteiger partial charge is 0.381 e. The predicted octanol–water partition coefficient (Wildman–Crippen LogP) is 2.17. The summed E-state index contributed by atoms with van der Waals surface area (Å²) in [6, 6.07) is 10.3. The zero-order valence-electron chi connectivity index (χ0n) is 15.7. The van der Waals surface area contributed by atoms with Gasteiger partial charge in [-0.2, -0.15) is 0 Å². The van der Waals surface area contributed by atoms with Crippen LogP contribution in [0, 0.1) is 0 Å². The van der Waals surface area contributed by atoms with Gasteiger partial charge in [-0.05, 0) is 24.3 Å². The quantitative estimate of drug-likeness (QED) is 0.359. The Bertz CT molecular complexity index is 674. The van der Waals surface area contributed by atoms with E-state index in [9.17, 15) is 8.42 Å². The summed E-state index contributed by atoms with van der Waals surface area (Å²) in [6.07, 6.45) is 2.33. The maximum atomic E-state index is 12.3. The highest BCUT2D eigenvalue weighted by molar-refractivity contribution is 14.0. The van der Waals surface area contributed by atoms with Crippen LogP contribution in [0.25, 0.3) is 0 Å². The van der Waals surface area contributed by atoms with Crippen LogP contribution in [0.5, 0.6) is 0 Å². The molecule has 148 valence electrons. The molecule has 1 aliphatic rings. The summed E-state index contributed by atoms with van der Waals surface area (Å²) < 4.78 is 29.2. The highest BCUT2D eigenvalue weighted by atomic mass is 127. The van der Waals surface area contributed by atoms with Crippen LogP contribution in [0.4, 0.5) is 0 Å². The molecule has 2 N–H and O–H groups in total. The van der Waals surface area contributed by atoms with Crippen molar-refractivity contribution in [3.63, 3.8) is 0 Å². The van der Waals surface area contributed by atoms with Crippen molar-refractivity contribution in [3.8, 4) is 0 Å². The molecule has 8 heteroatoms. The minimum atomic E-state index is -3.19. The minimum Gasteiger partial charge on any atom is -0.381 e. The molecule has 2 rings (SSSR count). The van der Waals surface area contributed by atoms with Crippen LogP contribution in [0.2, 0.25) is 0 Å². The van der Waals surface area contributed by atoms with Crippen molar-refractivity contribution in [2.75, 3.05) is 39.6 Å². The van der Waals surface area contributed by atoms with Crippen molar-refractivity contribution in [1.82, 2.24) is 10.6 Å². The SMILES string of the molecule is CN=C(NCC(C)c1ccccc1)NCC1(S(C)(=O)=O)CCOCC1.I. The first kappa shape index (κ1) is 23.2. The van der Waals surface area contributed by atoms with Crippen molar-refractivity contribution in [2.45, 2.75) is 30.4 Å². The molecule has 0 amide bonds. The number of aliphatic imine (C=N–C) groups is 1. The molecule has 0 aliphatic carbocycles. The van der Waals surface area contributed by atoms with E-state index in [1.54, 1.807) is 7.05 Å². The first-order chi connectivity index (χ1) is 11.9. The van der Waals surface area contributed by atoms with Crippen molar-refractivity contribution in [2.24, 2.45) is 4.99 Å². The third kappa shape index (κ3) is 6.09. The molecule has 1 atom stereocenters. The standard InChI is InChI=1S/C18H29N3O3S.HI/c1-15(16-7-5-4-6-8-16)13-20-17(19-2)21-14-18(25(3,22)23)9-11-24-12-10-18;/h4-8,15H,9-14H2,1-3H3,(H2,19,20,21);1H. The molecule has 26 heavy (non-hydrogen) atoms. The number of sulfone groups is 1. The Kier molecular flexibility index (Phi) is 9.32. The van der Waals surface area contributed by atoms with Gasteiger partial charge in [-0.25, -0.2) is 8.42 Å². The topological polar surface area (TPSA) is 79.8 Å². The van der Waals surface area contributed by atoms with Gasteiger partial charge in [0, 0.05) is 39.6 Å². The van der Waals surface area contributed by atoms with E-state index in [1.165, 1.54) is 11.8 Å². The smallest absolute Gasteiger partial charge is 0.191 e. The second-order valence-corrected chi connectivity index (χ2v) is 9.10. The molecule has 0 saturated carbocycles. The number of halogens is 1. The van der Waals surface area contributed by atoms with Crippen LogP contribution in [0.1, 0.15) is 31.2 Å². The first-order valence-electron chi connectivity index (χ1n) is 8.65. The van der Waals surface area contributed by atoms with Crippen LogP contribution in [-0.4, -0.2) is 58.7 Å². The van der Waals surface area contributed by atoms with Gasteiger partial charge < -0.3 is 15.4 Å². The number of ether oxygens (including phenoxy) is 1. The Labute approximate surface area is 174 Å². The van der Waals surface area contributed by atoms with Crippen molar-refractivity contribution >= 4 is 39.8 Å². The Morgan fingerprint density at radius 1 is 1.23 bits per heavy atom. The number of benzene rings is 1. The van der Waals surface area contributed by atoms with Crippen molar-refractivity contribution < 1.29 is 13.2 Å². The zero-order chi connectivity index (χ0) is 18.3. The molecule has 6 nitrogen and oxygen atoms in total. The lowest BCUT2D eigenvalue weighted by Gasteiger charge is -2.35. The van der Waals surface area contributed by atoms with Gasteiger partial charge in [0.15, 0.2) is 15.8 Å². The fourth-order valence-corrected chi connectivity index (χ4v) is 4.28. The normalized spacial score (nSPS) is 18.5. The Balaban J connectivity index is 0.00000338. The molecule has 1 saturated heterocycles. The average molecular weight is 495 g/mol. The fourth-order valence-electron chi connectivity index (χ4n) is 3.04. The summed E-state index contributed by atoms with van der Waals surface area (Å²) >= 11 is 0. The lowest BCUT2D eigenvalue weighted by Crippen LogP contribution is -2.53. The number of hydrogen-bond acceptors (Lipinski definition) is 4. The van der Waals surface area contributed by atoms with Gasteiger partial charge in [0.25, 0.3) is 0 Å². The Morgan fingerprint density at radius 3 is 2.38 bits per heavy atom. The van der Waals surface area contributed by atoms with E-state index in [0.29, 0.717) is 44.5 Å². The van der Waals surface area contributed by atoms with Crippen LogP contribution < -0.4 is 10.6 Å². The molecule has 1 unspecified atom stereocenters. The van der Waals surface area contributed by atoms with E-state index < -0.39 is 14.6 Å². The van der Waals surface area contributed by atoms with E-state index in [2.05, 4.69) is 34.7 Å². The summed E-state index contributed by atoms with van der Waals surface area (Å²) in [7, 11) is -1.50. The van der Waals surface area contributed by atoms with Crippen molar-refractivity contribution in [1.29, 1.82) is 0 Å². The van der Waals surface area contributed by atoms with Gasteiger partial charge in [-0.1, -0.05) is 37.3 Å². The molecule has 1 heterocycles. The molecule has 0 spiro atoms. The van der Waals surface area contributed by atoms with Gasteiger partial charge in [0.05, 0.1) is 4.75 Å². The molecule has 1 aromatic carbocycles. The Morgan fingerprint density at radius 2 is 1.85 bits per heavy atom. The van der Waals surface area contributed by atoms with Gasteiger partial charge in [-0.15, -0.1) is 24.0 Å². The lowest BCUT2D eigenvalue weighted by atomic mass is 9.99. The van der Waals surface area contributed by atoms with Gasteiger partial charge in [0.1, 0.15) is 0 Å². The van der Waals surface area contributed by atoms with Crippen LogP contribution >= 0.6 is 24.0 Å². The summed E-state index contributed by atoms with van der Waals surface area (Å²) in [5.74, 6) is 0.948. The molecule has 0 aromatic heterocycles.